The zero-order valence-electron chi connectivity index (χ0n) is 25.8. The molecule has 0 radical (unpaired) electrons. The molecule has 0 N–H and O–H groups in total. The van der Waals surface area contributed by atoms with E-state index in [0.717, 1.165) is 61.7 Å². The predicted molar refractivity (Wildman–Crippen MR) is 191 cm³/mol. The normalized spacial score (nSPS) is 10.9. The Labute approximate surface area is 278 Å². The van der Waals surface area contributed by atoms with E-state index in [2.05, 4.69) is 41.4 Å². The number of hydrogen-bond acceptors (Lipinski definition) is 6. The molecule has 0 aliphatic carbocycles. The van der Waals surface area contributed by atoms with Gasteiger partial charge < -0.3 is 0 Å². The van der Waals surface area contributed by atoms with Crippen molar-refractivity contribution in [1.82, 2.24) is 29.9 Å². The fourth-order valence-corrected chi connectivity index (χ4v) is 5.67. The van der Waals surface area contributed by atoms with Crippen LogP contribution >= 0.6 is 0 Å². The van der Waals surface area contributed by atoms with Crippen LogP contribution in [0.4, 0.5) is 0 Å². The van der Waals surface area contributed by atoms with Gasteiger partial charge in [0.1, 0.15) is 0 Å². The van der Waals surface area contributed by atoms with Crippen LogP contribution in [0, 0.1) is 0 Å². The van der Waals surface area contributed by atoms with E-state index in [-0.39, 0.29) is 0 Å². The Bertz CT molecular complexity index is 2190. The number of aromatic nitrogens is 6. The Hall–Kier alpha value is -6.66. The summed E-state index contributed by atoms with van der Waals surface area (Å²) in [5.74, 6) is 1.84. The second kappa shape index (κ2) is 13.0. The second-order valence-electron chi connectivity index (χ2n) is 11.2. The Morgan fingerprint density at radius 1 is 0.292 bits per heavy atom. The summed E-state index contributed by atoms with van der Waals surface area (Å²) in [4.78, 5) is 29.3. The largest absolute Gasteiger partial charge is 0.255 e. The van der Waals surface area contributed by atoms with Crippen molar-refractivity contribution in [2.24, 2.45) is 0 Å². The van der Waals surface area contributed by atoms with Gasteiger partial charge in [-0.2, -0.15) is 0 Å². The molecule has 4 aromatic carbocycles. The molecule has 0 saturated carbocycles. The van der Waals surface area contributed by atoms with Crippen molar-refractivity contribution in [3.05, 3.63) is 170 Å². The molecule has 8 aromatic rings. The van der Waals surface area contributed by atoms with Gasteiger partial charge in [-0.3, -0.25) is 9.97 Å². The van der Waals surface area contributed by atoms with Crippen molar-refractivity contribution in [3.63, 3.8) is 0 Å². The maximum Gasteiger partial charge on any atom is 0.164 e. The summed E-state index contributed by atoms with van der Waals surface area (Å²) >= 11 is 0. The molecule has 6 nitrogen and oxygen atoms in total. The minimum Gasteiger partial charge on any atom is -0.255 e. The van der Waals surface area contributed by atoms with Crippen LogP contribution in [0.5, 0.6) is 0 Å². The Morgan fingerprint density at radius 3 is 1.38 bits per heavy atom. The average Bonchev–Trinajstić information content (AvgIpc) is 3.19. The third-order valence-electron chi connectivity index (χ3n) is 8.06. The highest BCUT2D eigenvalue weighted by molar-refractivity contribution is 5.82. The van der Waals surface area contributed by atoms with Gasteiger partial charge in [0.15, 0.2) is 17.5 Å². The molecule has 0 atom stereocenters. The predicted octanol–water partition coefficient (Wildman–Crippen LogP) is 9.73. The third-order valence-corrected chi connectivity index (χ3v) is 8.06. The Kier molecular flexibility index (Phi) is 7.79. The van der Waals surface area contributed by atoms with Crippen molar-refractivity contribution < 1.29 is 0 Å². The van der Waals surface area contributed by atoms with Crippen molar-refractivity contribution >= 4 is 0 Å². The van der Waals surface area contributed by atoms with Gasteiger partial charge in [0.25, 0.3) is 0 Å². The lowest BCUT2D eigenvalue weighted by Gasteiger charge is -2.12. The van der Waals surface area contributed by atoms with E-state index >= 15 is 0 Å². The number of hydrogen-bond donors (Lipinski definition) is 0. The molecule has 4 heterocycles. The van der Waals surface area contributed by atoms with Gasteiger partial charge in [-0.05, 0) is 47.0 Å². The Balaban J connectivity index is 1.21. The number of pyridine rings is 3. The quantitative estimate of drug-likeness (QED) is 0.177. The summed E-state index contributed by atoms with van der Waals surface area (Å²) in [7, 11) is 0. The van der Waals surface area contributed by atoms with E-state index in [1.165, 1.54) is 0 Å². The SMILES string of the molecule is c1ccc(-c2cc(-c3ccccn3)nc(-c3ccc(-c4ccccc4-c4nc(-c5ccccc5)nc(-c5ccccc5)n4)cn3)c2)cc1. The summed E-state index contributed by atoms with van der Waals surface area (Å²) in [5.41, 5.74) is 9.97. The van der Waals surface area contributed by atoms with Crippen molar-refractivity contribution in [2.75, 3.05) is 0 Å². The van der Waals surface area contributed by atoms with Gasteiger partial charge in [0, 0.05) is 34.6 Å². The van der Waals surface area contributed by atoms with Crippen molar-refractivity contribution in [3.8, 4) is 79.2 Å². The first-order valence-corrected chi connectivity index (χ1v) is 15.7. The number of rotatable bonds is 7. The van der Waals surface area contributed by atoms with Crippen molar-refractivity contribution in [1.29, 1.82) is 0 Å². The van der Waals surface area contributed by atoms with Crippen LogP contribution in [0.15, 0.2) is 170 Å². The van der Waals surface area contributed by atoms with Gasteiger partial charge in [-0.1, -0.05) is 127 Å². The Morgan fingerprint density at radius 2 is 0.812 bits per heavy atom. The lowest BCUT2D eigenvalue weighted by Crippen LogP contribution is -2.01. The fraction of sp³-hybridized carbons (Fsp3) is 0. The average molecular weight is 617 g/mol. The molecule has 8 rings (SSSR count). The summed E-state index contributed by atoms with van der Waals surface area (Å²) in [6, 6.07) is 52.6. The molecule has 0 fully saturated rings. The minimum atomic E-state index is 0.597. The zero-order valence-corrected chi connectivity index (χ0v) is 25.8. The van der Waals surface area contributed by atoms with Crippen LogP contribution in [-0.4, -0.2) is 29.9 Å². The maximum atomic E-state index is 4.99. The van der Waals surface area contributed by atoms with Crippen LogP contribution in [0.2, 0.25) is 0 Å². The lowest BCUT2D eigenvalue weighted by molar-refractivity contribution is 1.07. The molecule has 0 aliphatic heterocycles. The van der Waals surface area contributed by atoms with E-state index < -0.39 is 0 Å². The van der Waals surface area contributed by atoms with E-state index in [9.17, 15) is 0 Å². The fourth-order valence-electron chi connectivity index (χ4n) is 5.67. The van der Waals surface area contributed by atoms with Crippen LogP contribution in [-0.2, 0) is 0 Å². The number of nitrogens with zero attached hydrogens (tertiary/aromatic N) is 6. The lowest BCUT2D eigenvalue weighted by atomic mass is 9.99. The third kappa shape index (κ3) is 5.98. The molecule has 4 aromatic heterocycles. The highest BCUT2D eigenvalue weighted by Crippen LogP contribution is 2.34. The van der Waals surface area contributed by atoms with Crippen LogP contribution in [0.3, 0.4) is 0 Å². The molecular weight excluding hydrogens is 589 g/mol. The van der Waals surface area contributed by atoms with E-state index in [4.69, 9.17) is 24.9 Å². The van der Waals surface area contributed by atoms with Crippen LogP contribution in [0.25, 0.3) is 79.2 Å². The monoisotopic (exact) mass is 616 g/mol. The van der Waals surface area contributed by atoms with Crippen molar-refractivity contribution in [2.45, 2.75) is 0 Å². The molecule has 226 valence electrons. The highest BCUT2D eigenvalue weighted by atomic mass is 15.0. The number of benzene rings is 4. The summed E-state index contributed by atoms with van der Waals surface area (Å²) < 4.78 is 0. The molecule has 0 bridgehead atoms. The molecule has 0 spiro atoms. The molecule has 0 unspecified atom stereocenters. The standard InChI is InChI=1S/C42H28N6/c1-4-14-29(15-5-1)33-26-38(36-22-12-13-25-43-36)45-39(27-33)37-24-23-32(28-44-37)34-20-10-11-21-35(34)42-47-40(30-16-6-2-7-17-30)46-41(48-42)31-18-8-3-9-19-31/h1-28H. The van der Waals surface area contributed by atoms with Gasteiger partial charge >= 0.3 is 0 Å². The first kappa shape index (κ1) is 28.8. The topological polar surface area (TPSA) is 77.3 Å². The van der Waals surface area contributed by atoms with E-state index in [0.29, 0.717) is 17.5 Å². The van der Waals surface area contributed by atoms with Gasteiger partial charge in [-0.25, -0.2) is 19.9 Å². The summed E-state index contributed by atoms with van der Waals surface area (Å²) in [5, 5.41) is 0. The maximum absolute atomic E-state index is 4.99. The second-order valence-corrected chi connectivity index (χ2v) is 11.2. The molecule has 0 amide bonds. The first-order valence-electron chi connectivity index (χ1n) is 15.7. The van der Waals surface area contributed by atoms with Crippen LogP contribution < -0.4 is 0 Å². The van der Waals surface area contributed by atoms with E-state index in [1.807, 2.05) is 128 Å². The molecule has 6 heteroatoms. The van der Waals surface area contributed by atoms with E-state index in [1.54, 1.807) is 6.20 Å². The molecule has 48 heavy (non-hydrogen) atoms. The summed E-state index contributed by atoms with van der Waals surface area (Å²) in [6.07, 6.45) is 3.68. The molecule has 0 saturated heterocycles. The highest BCUT2D eigenvalue weighted by Gasteiger charge is 2.16. The van der Waals surface area contributed by atoms with Gasteiger partial charge in [-0.15, -0.1) is 0 Å². The smallest absolute Gasteiger partial charge is 0.164 e. The van der Waals surface area contributed by atoms with Gasteiger partial charge in [0.2, 0.25) is 0 Å². The van der Waals surface area contributed by atoms with Gasteiger partial charge in [0.05, 0.1) is 22.8 Å². The molecule has 0 aliphatic rings. The molecular formula is C42H28N6. The summed E-state index contributed by atoms with van der Waals surface area (Å²) in [6.45, 7) is 0. The minimum absolute atomic E-state index is 0.597. The van der Waals surface area contributed by atoms with Crippen LogP contribution in [0.1, 0.15) is 0 Å². The zero-order chi connectivity index (χ0) is 32.1. The first-order chi connectivity index (χ1) is 23.8.